The van der Waals surface area contributed by atoms with Crippen LogP contribution in [0.15, 0.2) is 122 Å². The summed E-state index contributed by atoms with van der Waals surface area (Å²) in [5.74, 6) is -0.103. The molecule has 2 unspecified atom stereocenters. The number of hydrogen-bond acceptors (Lipinski definition) is 3. The van der Waals surface area contributed by atoms with Crippen molar-refractivity contribution in [2.24, 2.45) is 0 Å². The molecule has 0 heterocycles. The summed E-state index contributed by atoms with van der Waals surface area (Å²) in [6, 6.07) is -0.665. The van der Waals surface area contributed by atoms with Crippen molar-refractivity contribution >= 4 is 5.91 Å². The molecule has 2 atom stereocenters. The third-order valence-corrected chi connectivity index (χ3v) is 9.66. The molecule has 0 aliphatic heterocycles. The molecule has 0 aliphatic rings. The van der Waals surface area contributed by atoms with E-state index < -0.39 is 12.1 Å². The van der Waals surface area contributed by atoms with E-state index in [9.17, 15) is 15.0 Å². The Morgan fingerprint density at radius 3 is 1.23 bits per heavy atom. The Labute approximate surface area is 352 Å². The van der Waals surface area contributed by atoms with Crippen molar-refractivity contribution in [1.29, 1.82) is 0 Å². The van der Waals surface area contributed by atoms with Gasteiger partial charge in [0.25, 0.3) is 0 Å². The molecule has 57 heavy (non-hydrogen) atoms. The van der Waals surface area contributed by atoms with Crippen LogP contribution in [-0.2, 0) is 4.79 Å². The van der Waals surface area contributed by atoms with Gasteiger partial charge in [-0.1, -0.05) is 200 Å². The summed E-state index contributed by atoms with van der Waals surface area (Å²) < 4.78 is 0. The van der Waals surface area contributed by atoms with Crippen LogP contribution >= 0.6 is 0 Å². The van der Waals surface area contributed by atoms with Gasteiger partial charge in [-0.25, -0.2) is 0 Å². The summed E-state index contributed by atoms with van der Waals surface area (Å²) in [5.41, 5.74) is 0. The first-order valence-electron chi connectivity index (χ1n) is 23.2. The van der Waals surface area contributed by atoms with E-state index in [1.165, 1.54) is 70.6 Å². The summed E-state index contributed by atoms with van der Waals surface area (Å²) in [6.07, 6.45) is 73.0. The normalized spacial score (nSPS) is 14.1. The topological polar surface area (TPSA) is 69.6 Å². The molecule has 0 aromatic carbocycles. The first-order chi connectivity index (χ1) is 28.2. The smallest absolute Gasteiger partial charge is 0.220 e. The standard InChI is InChI=1S/C53H87NO3/c1-3-5-7-9-11-13-15-17-19-21-23-24-25-26-27-28-29-30-31-33-35-37-39-41-43-45-47-49-53(57)54-51(50-55)52(56)48-46-44-42-40-38-36-34-32-22-20-18-16-14-12-10-8-6-4-2/h5,7,11,13,17,19,22-24,26-27,29-30,32-33,35,38,40,46,48,51-52,55-56H,3-4,6,8-10,12,14-16,18,20-21,25,28,31,34,36-37,39,41-45,47,49-50H2,1-2H3,(H,54,57)/b7-5-,13-11-,19-17-,24-23-,27-26-,30-29-,32-22+,35-33-,40-38+,48-46+. The van der Waals surface area contributed by atoms with Gasteiger partial charge in [0.15, 0.2) is 0 Å². The van der Waals surface area contributed by atoms with Gasteiger partial charge < -0.3 is 15.5 Å². The molecule has 0 saturated carbocycles. The first-order valence-corrected chi connectivity index (χ1v) is 23.2. The molecule has 0 saturated heterocycles. The molecule has 0 aromatic heterocycles. The number of hydrogen-bond donors (Lipinski definition) is 3. The summed E-state index contributed by atoms with van der Waals surface area (Å²) in [7, 11) is 0. The molecular formula is C53H87NO3. The Kier molecular flexibility index (Phi) is 44.5. The molecule has 1 amide bonds. The van der Waals surface area contributed by atoms with Crippen LogP contribution in [0.4, 0.5) is 0 Å². The fourth-order valence-electron chi connectivity index (χ4n) is 6.13. The quantitative estimate of drug-likeness (QED) is 0.0428. The van der Waals surface area contributed by atoms with E-state index in [4.69, 9.17) is 0 Å². The van der Waals surface area contributed by atoms with Crippen LogP contribution < -0.4 is 5.32 Å². The van der Waals surface area contributed by atoms with E-state index in [0.29, 0.717) is 6.42 Å². The second kappa shape index (κ2) is 47.2. The maximum absolute atomic E-state index is 12.4. The lowest BCUT2D eigenvalue weighted by molar-refractivity contribution is -0.123. The molecule has 4 nitrogen and oxygen atoms in total. The largest absolute Gasteiger partial charge is 0.394 e. The number of amides is 1. The van der Waals surface area contributed by atoms with Crippen LogP contribution in [0.2, 0.25) is 0 Å². The number of nitrogens with one attached hydrogen (secondary N) is 1. The third kappa shape index (κ3) is 43.8. The lowest BCUT2D eigenvalue weighted by Gasteiger charge is -2.19. The highest BCUT2D eigenvalue weighted by atomic mass is 16.3. The Morgan fingerprint density at radius 1 is 0.439 bits per heavy atom. The summed E-state index contributed by atoms with van der Waals surface area (Å²) in [4.78, 5) is 12.4. The molecule has 0 bridgehead atoms. The third-order valence-electron chi connectivity index (χ3n) is 9.66. The maximum Gasteiger partial charge on any atom is 0.220 e. The highest BCUT2D eigenvalue weighted by molar-refractivity contribution is 5.76. The molecule has 0 radical (unpaired) electrons. The molecule has 3 N–H and O–H groups in total. The van der Waals surface area contributed by atoms with Gasteiger partial charge in [0.2, 0.25) is 5.91 Å². The van der Waals surface area contributed by atoms with Crippen LogP contribution in [0.3, 0.4) is 0 Å². The number of aliphatic hydroxyl groups excluding tert-OH is 2. The van der Waals surface area contributed by atoms with Crippen molar-refractivity contribution in [1.82, 2.24) is 5.32 Å². The minimum Gasteiger partial charge on any atom is -0.394 e. The number of unbranched alkanes of at least 4 members (excludes halogenated alkanes) is 15. The van der Waals surface area contributed by atoms with Gasteiger partial charge in [-0.15, -0.1) is 0 Å². The van der Waals surface area contributed by atoms with Gasteiger partial charge in [-0.3, -0.25) is 4.79 Å². The van der Waals surface area contributed by atoms with Crippen LogP contribution in [-0.4, -0.2) is 34.9 Å². The molecule has 0 spiro atoms. The molecule has 322 valence electrons. The van der Waals surface area contributed by atoms with Gasteiger partial charge in [0.05, 0.1) is 18.8 Å². The van der Waals surface area contributed by atoms with Crippen molar-refractivity contribution in [2.75, 3.05) is 6.61 Å². The van der Waals surface area contributed by atoms with E-state index >= 15 is 0 Å². The molecule has 0 aliphatic carbocycles. The highest BCUT2D eigenvalue weighted by Crippen LogP contribution is 2.11. The van der Waals surface area contributed by atoms with E-state index in [0.717, 1.165) is 96.3 Å². The lowest BCUT2D eigenvalue weighted by atomic mass is 10.1. The van der Waals surface area contributed by atoms with E-state index in [1.54, 1.807) is 6.08 Å². The van der Waals surface area contributed by atoms with Crippen LogP contribution in [0, 0.1) is 0 Å². The first kappa shape index (κ1) is 53.8. The Bertz CT molecular complexity index is 1160. The van der Waals surface area contributed by atoms with Gasteiger partial charge in [0.1, 0.15) is 0 Å². The van der Waals surface area contributed by atoms with Gasteiger partial charge in [0, 0.05) is 6.42 Å². The van der Waals surface area contributed by atoms with Crippen molar-refractivity contribution in [3.63, 3.8) is 0 Å². The molecular weight excluding hydrogens is 699 g/mol. The van der Waals surface area contributed by atoms with E-state index in [2.05, 4.69) is 129 Å². The number of aliphatic hydroxyl groups is 2. The van der Waals surface area contributed by atoms with Gasteiger partial charge in [-0.05, 0) is 103 Å². The van der Waals surface area contributed by atoms with Crippen molar-refractivity contribution in [2.45, 2.75) is 199 Å². The predicted octanol–water partition coefficient (Wildman–Crippen LogP) is 15.0. The molecule has 0 aromatic rings. The number of allylic oxidation sites excluding steroid dienone is 19. The average Bonchev–Trinajstić information content (AvgIpc) is 3.22. The van der Waals surface area contributed by atoms with Crippen LogP contribution in [0.25, 0.3) is 0 Å². The van der Waals surface area contributed by atoms with Crippen molar-refractivity contribution in [3.05, 3.63) is 122 Å². The summed E-state index contributed by atoms with van der Waals surface area (Å²) in [5, 5.41) is 23.0. The Hall–Kier alpha value is -3.21. The van der Waals surface area contributed by atoms with Crippen molar-refractivity contribution in [3.8, 4) is 0 Å². The number of carbonyl (C=O) groups excluding carboxylic acids is 1. The maximum atomic E-state index is 12.4. The second-order valence-corrected chi connectivity index (χ2v) is 15.1. The van der Waals surface area contributed by atoms with Gasteiger partial charge in [-0.2, -0.15) is 0 Å². The minimum atomic E-state index is -0.887. The lowest BCUT2D eigenvalue weighted by Crippen LogP contribution is -2.45. The molecule has 0 fully saturated rings. The van der Waals surface area contributed by atoms with E-state index in [-0.39, 0.29) is 12.5 Å². The average molecular weight is 786 g/mol. The zero-order valence-electron chi connectivity index (χ0n) is 36.8. The Morgan fingerprint density at radius 2 is 0.789 bits per heavy atom. The second-order valence-electron chi connectivity index (χ2n) is 15.1. The summed E-state index contributed by atoms with van der Waals surface area (Å²) in [6.45, 7) is 4.15. The SMILES string of the molecule is CC/C=C\C/C=C\C/C=C\C/C=C\C/C=C\C/C=C\C/C=C\CCCCCCCC(=O)NC(CO)C(O)/C=C/CC/C=C/CC/C=C/CCCCCCCCCC. The predicted molar refractivity (Wildman–Crippen MR) is 252 cm³/mol. The van der Waals surface area contributed by atoms with Crippen LogP contribution in [0.5, 0.6) is 0 Å². The van der Waals surface area contributed by atoms with Crippen molar-refractivity contribution < 1.29 is 15.0 Å². The van der Waals surface area contributed by atoms with Crippen LogP contribution in [0.1, 0.15) is 187 Å². The Balaban J connectivity index is 3.75. The summed E-state index contributed by atoms with van der Waals surface area (Å²) >= 11 is 0. The zero-order valence-corrected chi connectivity index (χ0v) is 36.8. The minimum absolute atomic E-state index is 0.103. The fraction of sp³-hybridized carbons (Fsp3) is 0.604. The molecule has 0 rings (SSSR count). The molecule has 4 heteroatoms. The number of carbonyl (C=O) groups is 1. The number of rotatable bonds is 40. The zero-order chi connectivity index (χ0) is 41.4. The fourth-order valence-corrected chi connectivity index (χ4v) is 6.13. The van der Waals surface area contributed by atoms with E-state index in [1.807, 2.05) is 6.08 Å². The van der Waals surface area contributed by atoms with Gasteiger partial charge >= 0.3 is 0 Å². The monoisotopic (exact) mass is 786 g/mol. The highest BCUT2D eigenvalue weighted by Gasteiger charge is 2.17.